The van der Waals surface area contributed by atoms with Crippen LogP contribution >= 0.6 is 0 Å². The van der Waals surface area contributed by atoms with Crippen molar-refractivity contribution < 1.29 is 14.4 Å². The fourth-order valence-corrected chi connectivity index (χ4v) is 2.02. The first-order valence-corrected chi connectivity index (χ1v) is 5.50. The molecule has 0 bridgehead atoms. The number of amides is 4. The molecule has 0 spiro atoms. The second kappa shape index (κ2) is 4.21. The molecule has 1 aliphatic heterocycles. The average molecular weight is 251 g/mol. The lowest BCUT2D eigenvalue weighted by atomic mass is 9.93. The summed E-state index contributed by atoms with van der Waals surface area (Å²) in [5.41, 5.74) is -1.60. The van der Waals surface area contributed by atoms with Crippen LogP contribution in [0.3, 0.4) is 0 Å². The van der Waals surface area contributed by atoms with Crippen molar-refractivity contribution in [1.29, 1.82) is 10.8 Å². The van der Waals surface area contributed by atoms with E-state index >= 15 is 0 Å². The summed E-state index contributed by atoms with van der Waals surface area (Å²) in [6.45, 7) is -0.0652. The quantitative estimate of drug-likeness (QED) is 0.309. The van der Waals surface area contributed by atoms with Gasteiger partial charge in [-0.15, -0.1) is 0 Å². The van der Waals surface area contributed by atoms with Gasteiger partial charge < -0.3 is 16.0 Å². The van der Waals surface area contributed by atoms with Crippen LogP contribution in [-0.4, -0.2) is 41.9 Å². The third-order valence-electron chi connectivity index (χ3n) is 3.16. The molecular weight excluding hydrogens is 238 g/mol. The molecule has 0 aromatic heterocycles. The highest BCUT2D eigenvalue weighted by molar-refractivity contribution is 6.59. The van der Waals surface area contributed by atoms with Crippen molar-refractivity contribution in [2.75, 3.05) is 6.54 Å². The van der Waals surface area contributed by atoms with Gasteiger partial charge in [-0.2, -0.15) is 0 Å². The molecule has 2 fully saturated rings. The van der Waals surface area contributed by atoms with Crippen molar-refractivity contribution in [2.24, 2.45) is 5.92 Å². The Morgan fingerprint density at radius 3 is 2.61 bits per heavy atom. The Balaban J connectivity index is 2.06. The van der Waals surface area contributed by atoms with Gasteiger partial charge in [0.2, 0.25) is 0 Å². The zero-order valence-electron chi connectivity index (χ0n) is 9.50. The first kappa shape index (κ1) is 12.2. The van der Waals surface area contributed by atoms with Crippen molar-refractivity contribution in [3.63, 3.8) is 0 Å². The zero-order chi connectivity index (χ0) is 13.3. The molecular formula is C10H13N5O3. The molecule has 1 aliphatic carbocycles. The van der Waals surface area contributed by atoms with Crippen molar-refractivity contribution in [3.8, 4) is 0 Å². The lowest BCUT2D eigenvalue weighted by molar-refractivity contribution is -0.125. The standard InChI is InChI=1S/C10H13N5O3/c11-3-6(12)7(16)13-4-10(5-1-2-5)8(17)14-9(18)15-10/h3,5,11-12H,1-2,4H2,(H,13,16)(H2,14,15,17,18)/t10-/m0/s1. The topological polar surface area (TPSA) is 135 Å². The van der Waals surface area contributed by atoms with Crippen LogP contribution in [0.15, 0.2) is 0 Å². The van der Waals surface area contributed by atoms with Crippen LogP contribution in [-0.2, 0) is 9.59 Å². The largest absolute Gasteiger partial charge is 0.348 e. The fraction of sp³-hybridized carbons (Fsp3) is 0.500. The van der Waals surface area contributed by atoms with E-state index in [1.54, 1.807) is 0 Å². The summed E-state index contributed by atoms with van der Waals surface area (Å²) in [6.07, 6.45) is 2.24. The van der Waals surface area contributed by atoms with Crippen LogP contribution in [0.25, 0.3) is 0 Å². The molecule has 2 rings (SSSR count). The normalized spacial score (nSPS) is 26.2. The molecule has 5 N–H and O–H groups in total. The maximum Gasteiger partial charge on any atom is 0.322 e. The third kappa shape index (κ3) is 1.96. The highest BCUT2D eigenvalue weighted by Gasteiger charge is 2.56. The van der Waals surface area contributed by atoms with Gasteiger partial charge in [0, 0.05) is 6.21 Å². The Morgan fingerprint density at radius 1 is 1.50 bits per heavy atom. The molecule has 1 saturated carbocycles. The van der Waals surface area contributed by atoms with Crippen LogP contribution in [0.1, 0.15) is 12.8 Å². The van der Waals surface area contributed by atoms with Gasteiger partial charge >= 0.3 is 6.03 Å². The summed E-state index contributed by atoms with van der Waals surface area (Å²) < 4.78 is 0. The van der Waals surface area contributed by atoms with E-state index in [9.17, 15) is 14.4 Å². The lowest BCUT2D eigenvalue weighted by Gasteiger charge is -2.25. The Bertz CT molecular complexity index is 456. The molecule has 2 aliphatic rings. The Hall–Kier alpha value is -2.25. The number of imide groups is 1. The van der Waals surface area contributed by atoms with Crippen LogP contribution in [0.4, 0.5) is 4.79 Å². The minimum atomic E-state index is -1.10. The van der Waals surface area contributed by atoms with Crippen molar-refractivity contribution >= 4 is 29.8 Å². The second-order valence-electron chi connectivity index (χ2n) is 4.39. The van der Waals surface area contributed by atoms with Crippen molar-refractivity contribution in [3.05, 3.63) is 0 Å². The molecule has 0 aromatic carbocycles. The molecule has 1 heterocycles. The molecule has 0 aromatic rings. The van der Waals surface area contributed by atoms with E-state index in [1.165, 1.54) is 0 Å². The molecule has 8 heteroatoms. The summed E-state index contributed by atoms with van der Waals surface area (Å²) in [5, 5.41) is 21.0. The van der Waals surface area contributed by atoms with Crippen LogP contribution in [0.5, 0.6) is 0 Å². The van der Waals surface area contributed by atoms with Gasteiger partial charge in [-0.1, -0.05) is 0 Å². The van der Waals surface area contributed by atoms with E-state index in [4.69, 9.17) is 10.8 Å². The molecule has 18 heavy (non-hydrogen) atoms. The highest BCUT2D eigenvalue weighted by Crippen LogP contribution is 2.40. The summed E-state index contributed by atoms with van der Waals surface area (Å²) in [7, 11) is 0. The van der Waals surface area contributed by atoms with Gasteiger partial charge in [0.25, 0.3) is 11.8 Å². The molecule has 0 radical (unpaired) electrons. The third-order valence-corrected chi connectivity index (χ3v) is 3.16. The number of rotatable bonds is 5. The minimum Gasteiger partial charge on any atom is -0.348 e. The van der Waals surface area contributed by atoms with Crippen molar-refractivity contribution in [1.82, 2.24) is 16.0 Å². The smallest absolute Gasteiger partial charge is 0.322 e. The lowest BCUT2D eigenvalue weighted by Crippen LogP contribution is -2.57. The number of nitrogens with one attached hydrogen (secondary N) is 5. The number of carbonyl (C=O) groups is 3. The van der Waals surface area contributed by atoms with Gasteiger partial charge in [-0.3, -0.25) is 20.3 Å². The molecule has 1 saturated heterocycles. The number of urea groups is 1. The summed E-state index contributed by atoms with van der Waals surface area (Å²) >= 11 is 0. The molecule has 96 valence electrons. The van der Waals surface area contributed by atoms with E-state index in [-0.39, 0.29) is 12.5 Å². The van der Waals surface area contributed by atoms with E-state index in [0.717, 1.165) is 12.8 Å². The second-order valence-corrected chi connectivity index (χ2v) is 4.39. The molecule has 0 unspecified atom stereocenters. The molecule has 8 nitrogen and oxygen atoms in total. The minimum absolute atomic E-state index is 0.0124. The van der Waals surface area contributed by atoms with Crippen molar-refractivity contribution in [2.45, 2.75) is 18.4 Å². The van der Waals surface area contributed by atoms with Gasteiger partial charge in [0.15, 0.2) is 0 Å². The van der Waals surface area contributed by atoms with E-state index in [0.29, 0.717) is 6.21 Å². The van der Waals surface area contributed by atoms with Crippen LogP contribution in [0.2, 0.25) is 0 Å². The van der Waals surface area contributed by atoms with E-state index in [1.807, 2.05) is 0 Å². The summed E-state index contributed by atoms with van der Waals surface area (Å²) in [5.74, 6) is -1.17. The number of hydrogen-bond donors (Lipinski definition) is 5. The van der Waals surface area contributed by atoms with E-state index < -0.39 is 29.1 Å². The predicted molar refractivity (Wildman–Crippen MR) is 61.6 cm³/mol. The van der Waals surface area contributed by atoms with Gasteiger partial charge in [-0.25, -0.2) is 4.79 Å². The first-order chi connectivity index (χ1) is 8.49. The Labute approximate surface area is 103 Å². The van der Waals surface area contributed by atoms with Crippen LogP contribution < -0.4 is 16.0 Å². The molecule has 4 amide bonds. The fourth-order valence-electron chi connectivity index (χ4n) is 2.02. The van der Waals surface area contributed by atoms with E-state index in [2.05, 4.69) is 16.0 Å². The Morgan fingerprint density at radius 2 is 2.17 bits per heavy atom. The maximum absolute atomic E-state index is 11.8. The van der Waals surface area contributed by atoms with Crippen LogP contribution in [0, 0.1) is 16.7 Å². The van der Waals surface area contributed by atoms with Gasteiger partial charge in [0.1, 0.15) is 11.3 Å². The monoisotopic (exact) mass is 251 g/mol. The first-order valence-electron chi connectivity index (χ1n) is 5.50. The SMILES string of the molecule is N=CC(=N)C(=O)NC[C@@]1(C2CC2)NC(=O)NC1=O. The average Bonchev–Trinajstić information content (AvgIpc) is 3.13. The predicted octanol–water partition coefficient (Wildman–Crippen LogP) is -1.24. The maximum atomic E-state index is 11.8. The number of carbonyl (C=O) groups excluding carboxylic acids is 3. The Kier molecular flexibility index (Phi) is 2.85. The number of hydrogen-bond acceptors (Lipinski definition) is 5. The van der Waals surface area contributed by atoms with Gasteiger partial charge in [-0.05, 0) is 18.8 Å². The summed E-state index contributed by atoms with van der Waals surface area (Å²) in [4.78, 5) is 34.4. The molecule has 1 atom stereocenters. The van der Waals surface area contributed by atoms with Gasteiger partial charge in [0.05, 0.1) is 6.54 Å². The zero-order valence-corrected chi connectivity index (χ0v) is 9.50. The summed E-state index contributed by atoms with van der Waals surface area (Å²) in [6, 6.07) is -0.566. The highest BCUT2D eigenvalue weighted by atomic mass is 16.2.